The van der Waals surface area contributed by atoms with Gasteiger partial charge in [0.15, 0.2) is 0 Å². The molecule has 3 unspecified atom stereocenters. The first kappa shape index (κ1) is 14.7. The average molecular weight is 312 g/mol. The second-order valence-electron chi connectivity index (χ2n) is 7.46. The van der Waals surface area contributed by atoms with Crippen LogP contribution in [0.25, 0.3) is 0 Å². The fraction of sp³-hybridized carbons (Fsp3) is 0.647. The van der Waals surface area contributed by atoms with Crippen molar-refractivity contribution < 1.29 is 0 Å². The second kappa shape index (κ2) is 4.90. The maximum atomic E-state index is 6.28. The van der Waals surface area contributed by atoms with Crippen molar-refractivity contribution in [2.24, 2.45) is 16.7 Å². The van der Waals surface area contributed by atoms with E-state index < -0.39 is 0 Å². The summed E-state index contributed by atoms with van der Waals surface area (Å²) in [7, 11) is 0. The molecule has 2 saturated carbocycles. The molecular weight excluding hydrogens is 289 g/mol. The van der Waals surface area contributed by atoms with Crippen molar-refractivity contribution in [3.8, 4) is 0 Å². The Morgan fingerprint density at radius 1 is 1.25 bits per heavy atom. The van der Waals surface area contributed by atoms with Gasteiger partial charge in [0, 0.05) is 22.6 Å². The molecule has 1 N–H and O–H groups in total. The summed E-state index contributed by atoms with van der Waals surface area (Å²) in [5, 5.41) is 5.25. The zero-order valence-corrected chi connectivity index (χ0v) is 14.0. The lowest BCUT2D eigenvalue weighted by Gasteiger charge is -2.43. The highest BCUT2D eigenvalue weighted by atomic mass is 35.5. The van der Waals surface area contributed by atoms with Crippen molar-refractivity contribution in [2.75, 3.05) is 0 Å². The summed E-state index contributed by atoms with van der Waals surface area (Å²) >= 11 is 12.2. The number of hydrogen-bond acceptors (Lipinski definition) is 1. The van der Waals surface area contributed by atoms with Gasteiger partial charge in [0.2, 0.25) is 0 Å². The van der Waals surface area contributed by atoms with Crippen molar-refractivity contribution in [1.82, 2.24) is 5.32 Å². The summed E-state index contributed by atoms with van der Waals surface area (Å²) in [5.41, 5.74) is 1.97. The van der Waals surface area contributed by atoms with Crippen LogP contribution in [-0.4, -0.2) is 6.04 Å². The number of rotatable bonds is 3. The number of hydrogen-bond donors (Lipinski definition) is 1. The fourth-order valence-electron chi connectivity index (χ4n) is 4.69. The fourth-order valence-corrected chi connectivity index (χ4v) is 5.16. The predicted octanol–water partition coefficient (Wildman–Crippen LogP) is 5.30. The smallest absolute Gasteiger partial charge is 0.0465 e. The molecule has 0 saturated heterocycles. The normalized spacial score (nSPS) is 34.6. The molecule has 2 fully saturated rings. The number of nitrogens with one attached hydrogen (secondary N) is 1. The van der Waals surface area contributed by atoms with E-state index in [-0.39, 0.29) is 0 Å². The lowest BCUT2D eigenvalue weighted by atomic mass is 9.68. The van der Waals surface area contributed by atoms with Gasteiger partial charge < -0.3 is 5.32 Å². The van der Waals surface area contributed by atoms with Crippen LogP contribution in [0.1, 0.15) is 45.6 Å². The Morgan fingerprint density at radius 2 is 2.00 bits per heavy atom. The summed E-state index contributed by atoms with van der Waals surface area (Å²) in [6.45, 7) is 8.11. The Labute approximate surface area is 132 Å². The lowest BCUT2D eigenvalue weighted by molar-refractivity contribution is 0.108. The molecule has 2 bridgehead atoms. The van der Waals surface area contributed by atoms with E-state index in [0.717, 1.165) is 23.0 Å². The standard InChI is InChI=1S/C17H23Cl2N/c1-16(2)12-6-7-17(3,9-12)15(16)20-10-11-4-5-13(18)8-14(11)19/h4-5,8,12,15,20H,6-7,9-10H2,1-3H3. The molecule has 110 valence electrons. The van der Waals surface area contributed by atoms with Crippen LogP contribution in [0.2, 0.25) is 10.0 Å². The molecule has 0 amide bonds. The van der Waals surface area contributed by atoms with E-state index in [1.54, 1.807) is 0 Å². The highest BCUT2D eigenvalue weighted by Crippen LogP contribution is 2.62. The van der Waals surface area contributed by atoms with Crippen LogP contribution in [0.5, 0.6) is 0 Å². The van der Waals surface area contributed by atoms with Gasteiger partial charge in [-0.3, -0.25) is 0 Å². The molecule has 3 heteroatoms. The molecule has 0 spiro atoms. The summed E-state index contributed by atoms with van der Waals surface area (Å²) in [5.74, 6) is 0.866. The maximum absolute atomic E-state index is 6.28. The average Bonchev–Trinajstić information content (AvgIpc) is 2.82. The Hall–Kier alpha value is -0.240. The highest BCUT2D eigenvalue weighted by molar-refractivity contribution is 6.35. The first-order valence-electron chi connectivity index (χ1n) is 7.50. The third kappa shape index (κ3) is 2.28. The SMILES string of the molecule is CC12CCC(C1)C(C)(C)C2NCc1ccc(Cl)cc1Cl. The van der Waals surface area contributed by atoms with E-state index in [0.29, 0.717) is 21.9 Å². The molecule has 2 aliphatic carbocycles. The first-order chi connectivity index (χ1) is 9.33. The third-order valence-electron chi connectivity index (χ3n) is 5.78. The van der Waals surface area contributed by atoms with Crippen LogP contribution < -0.4 is 5.32 Å². The molecule has 1 aromatic rings. The minimum Gasteiger partial charge on any atom is -0.309 e. The van der Waals surface area contributed by atoms with Crippen molar-refractivity contribution in [3.63, 3.8) is 0 Å². The van der Waals surface area contributed by atoms with Crippen LogP contribution in [0.3, 0.4) is 0 Å². The molecule has 20 heavy (non-hydrogen) atoms. The first-order valence-corrected chi connectivity index (χ1v) is 8.26. The molecule has 0 aromatic heterocycles. The van der Waals surface area contributed by atoms with Crippen molar-refractivity contribution in [3.05, 3.63) is 33.8 Å². The van der Waals surface area contributed by atoms with Gasteiger partial charge in [-0.25, -0.2) is 0 Å². The summed E-state index contributed by atoms with van der Waals surface area (Å²) in [6, 6.07) is 6.34. The Balaban J connectivity index is 1.75. The molecule has 0 radical (unpaired) electrons. The number of fused-ring (bicyclic) bond motifs is 2. The quantitative estimate of drug-likeness (QED) is 0.799. The van der Waals surface area contributed by atoms with Gasteiger partial charge in [-0.05, 0) is 53.7 Å². The Morgan fingerprint density at radius 3 is 2.60 bits per heavy atom. The molecule has 1 nitrogen and oxygen atoms in total. The van der Waals surface area contributed by atoms with E-state index in [1.165, 1.54) is 19.3 Å². The van der Waals surface area contributed by atoms with Crippen LogP contribution in [-0.2, 0) is 6.54 Å². The summed E-state index contributed by atoms with van der Waals surface area (Å²) in [4.78, 5) is 0. The summed E-state index contributed by atoms with van der Waals surface area (Å²) in [6.07, 6.45) is 4.11. The van der Waals surface area contributed by atoms with Crippen LogP contribution in [0, 0.1) is 16.7 Å². The van der Waals surface area contributed by atoms with Crippen molar-refractivity contribution >= 4 is 23.2 Å². The molecule has 0 aliphatic heterocycles. The van der Waals surface area contributed by atoms with Gasteiger partial charge in [-0.15, -0.1) is 0 Å². The van der Waals surface area contributed by atoms with Crippen LogP contribution in [0.4, 0.5) is 0 Å². The second-order valence-corrected chi connectivity index (χ2v) is 8.31. The molecular formula is C17H23Cl2N. The summed E-state index contributed by atoms with van der Waals surface area (Å²) < 4.78 is 0. The Bertz CT molecular complexity index is 521. The lowest BCUT2D eigenvalue weighted by Crippen LogP contribution is -2.49. The van der Waals surface area contributed by atoms with E-state index in [4.69, 9.17) is 23.2 Å². The molecule has 1 aromatic carbocycles. The van der Waals surface area contributed by atoms with Gasteiger partial charge >= 0.3 is 0 Å². The van der Waals surface area contributed by atoms with Crippen LogP contribution in [0.15, 0.2) is 18.2 Å². The van der Waals surface area contributed by atoms with E-state index in [2.05, 4.69) is 26.1 Å². The van der Waals surface area contributed by atoms with E-state index in [1.807, 2.05) is 18.2 Å². The van der Waals surface area contributed by atoms with E-state index in [9.17, 15) is 0 Å². The van der Waals surface area contributed by atoms with Crippen molar-refractivity contribution in [1.29, 1.82) is 0 Å². The molecule has 2 aliphatic rings. The van der Waals surface area contributed by atoms with Gasteiger partial charge in [-0.1, -0.05) is 50.0 Å². The van der Waals surface area contributed by atoms with Gasteiger partial charge in [-0.2, -0.15) is 0 Å². The van der Waals surface area contributed by atoms with Gasteiger partial charge in [0.1, 0.15) is 0 Å². The Kier molecular flexibility index (Phi) is 3.60. The number of benzene rings is 1. The van der Waals surface area contributed by atoms with Gasteiger partial charge in [0.05, 0.1) is 0 Å². The molecule has 0 heterocycles. The van der Waals surface area contributed by atoms with Gasteiger partial charge in [0.25, 0.3) is 0 Å². The minimum atomic E-state index is 0.381. The topological polar surface area (TPSA) is 12.0 Å². The monoisotopic (exact) mass is 311 g/mol. The predicted molar refractivity (Wildman–Crippen MR) is 86.3 cm³/mol. The zero-order valence-electron chi connectivity index (χ0n) is 12.5. The zero-order chi connectivity index (χ0) is 14.5. The highest BCUT2D eigenvalue weighted by Gasteiger charge is 2.58. The third-order valence-corrected chi connectivity index (χ3v) is 6.37. The van der Waals surface area contributed by atoms with Crippen LogP contribution >= 0.6 is 23.2 Å². The van der Waals surface area contributed by atoms with E-state index >= 15 is 0 Å². The number of halogens is 2. The molecule has 3 atom stereocenters. The largest absolute Gasteiger partial charge is 0.309 e. The minimum absolute atomic E-state index is 0.381. The maximum Gasteiger partial charge on any atom is 0.0465 e. The molecule has 3 rings (SSSR count). The van der Waals surface area contributed by atoms with Crippen molar-refractivity contribution in [2.45, 2.75) is 52.6 Å².